The van der Waals surface area contributed by atoms with Gasteiger partial charge in [0.2, 0.25) is 0 Å². The number of hydrogen-bond acceptors (Lipinski definition) is 4. The number of fused-ring (bicyclic) bond motifs is 1. The number of aliphatic hydroxyl groups is 1. The summed E-state index contributed by atoms with van der Waals surface area (Å²) in [6, 6.07) is 6.36. The van der Waals surface area contributed by atoms with Crippen LogP contribution in [0.25, 0.3) is 10.9 Å². The molecular formula is C15H17FN2O2. The number of aromatic nitrogens is 1. The van der Waals surface area contributed by atoms with Crippen molar-refractivity contribution >= 4 is 16.6 Å². The van der Waals surface area contributed by atoms with Gasteiger partial charge in [0.1, 0.15) is 5.82 Å². The smallest absolute Gasteiger partial charge is 0.125 e. The minimum absolute atomic E-state index is 0.301. The van der Waals surface area contributed by atoms with E-state index in [4.69, 9.17) is 4.74 Å². The summed E-state index contributed by atoms with van der Waals surface area (Å²) in [5.74, 6) is -0.301. The fourth-order valence-corrected chi connectivity index (χ4v) is 2.46. The highest BCUT2D eigenvalue weighted by atomic mass is 19.1. The Hall–Kier alpha value is -1.72. The monoisotopic (exact) mass is 276 g/mol. The summed E-state index contributed by atoms with van der Waals surface area (Å²) in [7, 11) is 0. The maximum atomic E-state index is 13.2. The molecule has 0 aliphatic carbocycles. The molecule has 1 aromatic carbocycles. The SMILES string of the molecule is OC1(CNc2ccnc3cc(F)ccc23)CCOCC1. The Bertz CT molecular complexity index is 612. The van der Waals surface area contributed by atoms with Gasteiger partial charge in [-0.3, -0.25) is 4.98 Å². The van der Waals surface area contributed by atoms with Gasteiger partial charge in [-0.2, -0.15) is 0 Å². The highest BCUT2D eigenvalue weighted by Crippen LogP contribution is 2.25. The lowest BCUT2D eigenvalue weighted by atomic mass is 9.94. The second kappa shape index (κ2) is 5.34. The molecule has 0 radical (unpaired) electrons. The van der Waals surface area contributed by atoms with Gasteiger partial charge >= 0.3 is 0 Å². The standard InChI is InChI=1S/C15H17FN2O2/c16-11-1-2-12-13(3-6-17-14(12)9-11)18-10-15(19)4-7-20-8-5-15/h1-3,6,9,19H,4-5,7-8,10H2,(H,17,18). The Balaban J connectivity index is 1.80. The zero-order chi connectivity index (χ0) is 14.0. The Labute approximate surface area is 116 Å². The van der Waals surface area contributed by atoms with Crippen LogP contribution in [-0.2, 0) is 4.74 Å². The summed E-state index contributed by atoms with van der Waals surface area (Å²) >= 11 is 0. The van der Waals surface area contributed by atoms with Crippen LogP contribution in [0.5, 0.6) is 0 Å². The molecule has 4 nitrogen and oxygen atoms in total. The van der Waals surface area contributed by atoms with Gasteiger partial charge in [-0.05, 0) is 18.2 Å². The van der Waals surface area contributed by atoms with E-state index in [1.54, 1.807) is 12.3 Å². The van der Waals surface area contributed by atoms with Gasteiger partial charge < -0.3 is 15.2 Å². The minimum atomic E-state index is -0.742. The average Bonchev–Trinajstić information content (AvgIpc) is 2.45. The first-order chi connectivity index (χ1) is 9.66. The van der Waals surface area contributed by atoms with Crippen LogP contribution in [-0.4, -0.2) is 35.5 Å². The van der Waals surface area contributed by atoms with Gasteiger partial charge in [0.25, 0.3) is 0 Å². The van der Waals surface area contributed by atoms with Crippen LogP contribution in [0, 0.1) is 5.82 Å². The number of nitrogens with zero attached hydrogens (tertiary/aromatic N) is 1. The van der Waals surface area contributed by atoms with Gasteiger partial charge in [-0.25, -0.2) is 4.39 Å². The Morgan fingerprint density at radius 1 is 1.30 bits per heavy atom. The Morgan fingerprint density at radius 2 is 2.10 bits per heavy atom. The summed E-state index contributed by atoms with van der Waals surface area (Å²) < 4.78 is 18.5. The third-order valence-electron chi connectivity index (χ3n) is 3.74. The van der Waals surface area contributed by atoms with E-state index in [1.807, 2.05) is 6.07 Å². The molecule has 1 fully saturated rings. The van der Waals surface area contributed by atoms with Gasteiger partial charge in [-0.15, -0.1) is 0 Å². The summed E-state index contributed by atoms with van der Waals surface area (Å²) in [5, 5.41) is 14.5. The van der Waals surface area contributed by atoms with E-state index in [0.29, 0.717) is 38.1 Å². The van der Waals surface area contributed by atoms with E-state index >= 15 is 0 Å². The topological polar surface area (TPSA) is 54.4 Å². The number of ether oxygens (including phenoxy) is 1. The number of rotatable bonds is 3. The number of pyridine rings is 1. The van der Waals surface area contributed by atoms with Crippen molar-refractivity contribution in [1.82, 2.24) is 4.98 Å². The largest absolute Gasteiger partial charge is 0.388 e. The molecule has 1 aliphatic rings. The maximum Gasteiger partial charge on any atom is 0.125 e. The van der Waals surface area contributed by atoms with E-state index in [-0.39, 0.29) is 5.82 Å². The lowest BCUT2D eigenvalue weighted by Gasteiger charge is -2.32. The maximum absolute atomic E-state index is 13.2. The van der Waals surface area contributed by atoms with Crippen molar-refractivity contribution in [1.29, 1.82) is 0 Å². The van der Waals surface area contributed by atoms with Crippen LogP contribution in [0.3, 0.4) is 0 Å². The molecule has 0 unspecified atom stereocenters. The molecule has 0 spiro atoms. The summed E-state index contributed by atoms with van der Waals surface area (Å²) in [4.78, 5) is 4.15. The van der Waals surface area contributed by atoms with Gasteiger partial charge in [0, 0.05) is 55.9 Å². The van der Waals surface area contributed by atoms with Crippen LogP contribution >= 0.6 is 0 Å². The van der Waals surface area contributed by atoms with E-state index in [2.05, 4.69) is 10.3 Å². The van der Waals surface area contributed by atoms with Crippen LogP contribution in [0.1, 0.15) is 12.8 Å². The summed E-state index contributed by atoms with van der Waals surface area (Å²) in [6.45, 7) is 1.62. The zero-order valence-corrected chi connectivity index (χ0v) is 11.1. The van der Waals surface area contributed by atoms with Crippen molar-refractivity contribution in [2.24, 2.45) is 0 Å². The first-order valence-electron chi connectivity index (χ1n) is 6.75. The quantitative estimate of drug-likeness (QED) is 0.903. The van der Waals surface area contributed by atoms with Crippen molar-refractivity contribution in [2.45, 2.75) is 18.4 Å². The number of hydrogen-bond donors (Lipinski definition) is 2. The molecular weight excluding hydrogens is 259 g/mol. The van der Waals surface area contributed by atoms with Crippen molar-refractivity contribution in [3.05, 3.63) is 36.3 Å². The second-order valence-electron chi connectivity index (χ2n) is 5.21. The Morgan fingerprint density at radius 3 is 2.90 bits per heavy atom. The molecule has 0 saturated carbocycles. The van der Waals surface area contributed by atoms with E-state index < -0.39 is 5.60 Å². The van der Waals surface area contributed by atoms with E-state index in [9.17, 15) is 9.50 Å². The third-order valence-corrected chi connectivity index (χ3v) is 3.74. The third kappa shape index (κ3) is 2.73. The number of anilines is 1. The van der Waals surface area contributed by atoms with Crippen molar-refractivity contribution in [3.8, 4) is 0 Å². The molecule has 0 amide bonds. The first kappa shape index (κ1) is 13.3. The van der Waals surface area contributed by atoms with Gasteiger partial charge in [0.15, 0.2) is 0 Å². The lowest BCUT2D eigenvalue weighted by molar-refractivity contribution is -0.0543. The molecule has 5 heteroatoms. The molecule has 0 bridgehead atoms. The van der Waals surface area contributed by atoms with Crippen molar-refractivity contribution < 1.29 is 14.2 Å². The molecule has 2 N–H and O–H groups in total. The fraction of sp³-hybridized carbons (Fsp3) is 0.400. The minimum Gasteiger partial charge on any atom is -0.388 e. The molecule has 2 aromatic rings. The predicted octanol–water partition coefficient (Wildman–Crippen LogP) is 2.33. The van der Waals surface area contributed by atoms with E-state index in [1.165, 1.54) is 12.1 Å². The van der Waals surface area contributed by atoms with Crippen LogP contribution in [0.15, 0.2) is 30.5 Å². The fourth-order valence-electron chi connectivity index (χ4n) is 2.46. The number of halogens is 1. The predicted molar refractivity (Wildman–Crippen MR) is 75.2 cm³/mol. The lowest BCUT2D eigenvalue weighted by Crippen LogP contribution is -2.42. The molecule has 20 heavy (non-hydrogen) atoms. The zero-order valence-electron chi connectivity index (χ0n) is 11.1. The molecule has 1 aliphatic heterocycles. The molecule has 1 aromatic heterocycles. The van der Waals surface area contributed by atoms with E-state index in [0.717, 1.165) is 11.1 Å². The summed E-state index contributed by atoms with van der Waals surface area (Å²) in [6.07, 6.45) is 2.88. The number of nitrogens with one attached hydrogen (secondary N) is 1. The molecule has 106 valence electrons. The Kier molecular flexibility index (Phi) is 3.54. The summed E-state index contributed by atoms with van der Waals surface area (Å²) in [5.41, 5.74) is 0.720. The van der Waals surface area contributed by atoms with Gasteiger partial charge in [-0.1, -0.05) is 0 Å². The molecule has 3 rings (SSSR count). The molecule has 1 saturated heterocycles. The normalized spacial score (nSPS) is 18.1. The van der Waals surface area contributed by atoms with Crippen molar-refractivity contribution in [3.63, 3.8) is 0 Å². The van der Waals surface area contributed by atoms with Crippen molar-refractivity contribution in [2.75, 3.05) is 25.1 Å². The first-order valence-corrected chi connectivity index (χ1v) is 6.75. The van der Waals surface area contributed by atoms with Crippen LogP contribution in [0.2, 0.25) is 0 Å². The average molecular weight is 276 g/mol. The number of benzene rings is 1. The second-order valence-corrected chi connectivity index (χ2v) is 5.21. The highest BCUT2D eigenvalue weighted by Gasteiger charge is 2.29. The van der Waals surface area contributed by atoms with Gasteiger partial charge in [0.05, 0.1) is 11.1 Å². The van der Waals surface area contributed by atoms with Crippen LogP contribution < -0.4 is 5.32 Å². The van der Waals surface area contributed by atoms with Crippen LogP contribution in [0.4, 0.5) is 10.1 Å². The highest BCUT2D eigenvalue weighted by molar-refractivity contribution is 5.90. The molecule has 2 heterocycles. The molecule has 0 atom stereocenters.